The van der Waals surface area contributed by atoms with E-state index < -0.39 is 0 Å². The summed E-state index contributed by atoms with van der Waals surface area (Å²) in [5.74, 6) is 4.26. The van der Waals surface area contributed by atoms with Crippen molar-refractivity contribution in [3.05, 3.63) is 0 Å². The molecule has 4 bridgehead atoms. The molecule has 3 heteroatoms. The number of hydrogen-bond donors (Lipinski definition) is 2. The van der Waals surface area contributed by atoms with E-state index in [9.17, 15) is 0 Å². The molecule has 4 rings (SSSR count). The molecule has 0 aromatic rings. The van der Waals surface area contributed by atoms with E-state index in [1.807, 2.05) is 0 Å². The van der Waals surface area contributed by atoms with Crippen molar-refractivity contribution in [3.63, 3.8) is 0 Å². The zero-order chi connectivity index (χ0) is 9.71. The molecule has 78 valence electrons. The number of hydrogen-bond acceptors (Lipinski definition) is 2. The van der Waals surface area contributed by atoms with Gasteiger partial charge in [0.25, 0.3) is 0 Å². The Morgan fingerprint density at radius 2 is 1.50 bits per heavy atom. The zero-order valence-electron chi connectivity index (χ0n) is 8.39. The van der Waals surface area contributed by atoms with Crippen LogP contribution in [0.4, 0.5) is 0 Å². The minimum Gasteiger partial charge on any atom is -0.409 e. The second-order valence-corrected chi connectivity index (χ2v) is 5.48. The lowest BCUT2D eigenvalue weighted by molar-refractivity contribution is -0.00967. The Hall–Kier alpha value is -0.730. The number of nitrogens with zero attached hydrogens (tertiary/aromatic N) is 1. The third kappa shape index (κ3) is 1.07. The standard InChI is InChI=1S/C11H18N2O/c12-11(13-14)10-8-2-6-1-7(4-8)5-9(10)3-6/h6-10,14H,1-5H2,(H2,12,13). The summed E-state index contributed by atoms with van der Waals surface area (Å²) in [6, 6.07) is 0. The predicted molar refractivity (Wildman–Crippen MR) is 53.9 cm³/mol. The Kier molecular flexibility index (Phi) is 1.76. The predicted octanol–water partition coefficient (Wildman–Crippen LogP) is 1.81. The number of amidine groups is 1. The molecule has 4 aliphatic rings. The lowest BCUT2D eigenvalue weighted by Gasteiger charge is -2.53. The van der Waals surface area contributed by atoms with Crippen LogP contribution in [0.1, 0.15) is 32.1 Å². The second-order valence-electron chi connectivity index (χ2n) is 5.48. The summed E-state index contributed by atoms with van der Waals surface area (Å²) in [6.45, 7) is 0. The van der Waals surface area contributed by atoms with Gasteiger partial charge in [-0.2, -0.15) is 0 Å². The summed E-state index contributed by atoms with van der Waals surface area (Å²) in [6.07, 6.45) is 6.76. The minimum absolute atomic E-state index is 0.396. The fourth-order valence-electron chi connectivity index (χ4n) is 4.47. The normalized spacial score (nSPS) is 51.1. The first kappa shape index (κ1) is 8.57. The van der Waals surface area contributed by atoms with Crippen LogP contribution in [0, 0.1) is 29.6 Å². The van der Waals surface area contributed by atoms with Gasteiger partial charge in [0.1, 0.15) is 5.84 Å². The van der Waals surface area contributed by atoms with E-state index in [0.717, 1.165) is 23.7 Å². The summed E-state index contributed by atoms with van der Waals surface area (Å²) >= 11 is 0. The van der Waals surface area contributed by atoms with Crippen LogP contribution < -0.4 is 5.73 Å². The van der Waals surface area contributed by atoms with Crippen molar-refractivity contribution in [1.82, 2.24) is 0 Å². The molecular weight excluding hydrogens is 176 g/mol. The summed E-state index contributed by atoms with van der Waals surface area (Å²) in [5.41, 5.74) is 5.80. The van der Waals surface area contributed by atoms with E-state index in [1.165, 1.54) is 32.1 Å². The minimum atomic E-state index is 0.396. The van der Waals surface area contributed by atoms with Crippen molar-refractivity contribution in [2.75, 3.05) is 0 Å². The Balaban J connectivity index is 1.88. The molecule has 0 radical (unpaired) electrons. The molecule has 0 spiro atoms. The van der Waals surface area contributed by atoms with Gasteiger partial charge in [-0.15, -0.1) is 0 Å². The number of oxime groups is 1. The van der Waals surface area contributed by atoms with Gasteiger partial charge in [-0.05, 0) is 55.8 Å². The molecule has 0 aromatic heterocycles. The fraction of sp³-hybridized carbons (Fsp3) is 0.909. The van der Waals surface area contributed by atoms with E-state index in [-0.39, 0.29) is 0 Å². The number of nitrogens with two attached hydrogens (primary N) is 1. The van der Waals surface area contributed by atoms with Crippen LogP contribution in [-0.2, 0) is 0 Å². The van der Waals surface area contributed by atoms with Gasteiger partial charge in [-0.1, -0.05) is 5.16 Å². The maximum Gasteiger partial charge on any atom is 0.142 e. The van der Waals surface area contributed by atoms with Crippen LogP contribution in [-0.4, -0.2) is 11.0 Å². The highest BCUT2D eigenvalue weighted by Crippen LogP contribution is 2.56. The average Bonchev–Trinajstić information content (AvgIpc) is 2.15. The molecule has 4 fully saturated rings. The lowest BCUT2D eigenvalue weighted by Crippen LogP contribution is -2.49. The maximum atomic E-state index is 8.78. The Morgan fingerprint density at radius 3 is 1.93 bits per heavy atom. The molecule has 0 heterocycles. The summed E-state index contributed by atoms with van der Waals surface area (Å²) in [7, 11) is 0. The van der Waals surface area contributed by atoms with Gasteiger partial charge in [0.15, 0.2) is 0 Å². The van der Waals surface area contributed by atoms with Crippen molar-refractivity contribution in [2.45, 2.75) is 32.1 Å². The smallest absolute Gasteiger partial charge is 0.142 e. The van der Waals surface area contributed by atoms with Gasteiger partial charge >= 0.3 is 0 Å². The molecule has 0 aliphatic heterocycles. The van der Waals surface area contributed by atoms with Crippen molar-refractivity contribution in [3.8, 4) is 0 Å². The third-order valence-corrected chi connectivity index (χ3v) is 4.68. The van der Waals surface area contributed by atoms with Gasteiger partial charge in [-0.25, -0.2) is 0 Å². The lowest BCUT2D eigenvalue weighted by atomic mass is 9.51. The van der Waals surface area contributed by atoms with Crippen molar-refractivity contribution >= 4 is 5.84 Å². The molecule has 4 aliphatic carbocycles. The van der Waals surface area contributed by atoms with Gasteiger partial charge < -0.3 is 10.9 Å². The molecular formula is C11H18N2O. The Bertz CT molecular complexity index is 246. The Labute approximate surface area is 84.4 Å². The molecule has 0 aromatic carbocycles. The monoisotopic (exact) mass is 194 g/mol. The van der Waals surface area contributed by atoms with Crippen LogP contribution >= 0.6 is 0 Å². The highest BCUT2D eigenvalue weighted by atomic mass is 16.4. The van der Waals surface area contributed by atoms with E-state index in [2.05, 4.69) is 5.16 Å². The van der Waals surface area contributed by atoms with Gasteiger partial charge in [0, 0.05) is 5.92 Å². The largest absolute Gasteiger partial charge is 0.409 e. The molecule has 3 N–H and O–H groups in total. The molecule has 0 unspecified atom stereocenters. The molecule has 0 atom stereocenters. The van der Waals surface area contributed by atoms with Crippen molar-refractivity contribution in [1.29, 1.82) is 0 Å². The zero-order valence-corrected chi connectivity index (χ0v) is 8.39. The van der Waals surface area contributed by atoms with E-state index >= 15 is 0 Å². The molecule has 14 heavy (non-hydrogen) atoms. The quantitative estimate of drug-likeness (QED) is 0.289. The molecule has 4 saturated carbocycles. The first-order valence-corrected chi connectivity index (χ1v) is 5.75. The molecule has 0 saturated heterocycles. The Morgan fingerprint density at radius 1 is 1.00 bits per heavy atom. The summed E-state index contributed by atoms with van der Waals surface area (Å²) in [4.78, 5) is 0. The third-order valence-electron chi connectivity index (χ3n) is 4.68. The van der Waals surface area contributed by atoms with Crippen LogP contribution in [0.15, 0.2) is 5.16 Å². The SMILES string of the molecule is N/C(=N\O)C1C2CC3CC(C2)CC1C3. The van der Waals surface area contributed by atoms with Crippen molar-refractivity contribution < 1.29 is 5.21 Å². The van der Waals surface area contributed by atoms with Crippen LogP contribution in [0.2, 0.25) is 0 Å². The van der Waals surface area contributed by atoms with E-state index in [1.54, 1.807) is 0 Å². The summed E-state index contributed by atoms with van der Waals surface area (Å²) < 4.78 is 0. The average molecular weight is 194 g/mol. The maximum absolute atomic E-state index is 8.78. The molecule has 0 amide bonds. The van der Waals surface area contributed by atoms with Gasteiger partial charge in [0.05, 0.1) is 0 Å². The highest BCUT2D eigenvalue weighted by molar-refractivity contribution is 5.83. The molecule has 3 nitrogen and oxygen atoms in total. The van der Waals surface area contributed by atoms with Gasteiger partial charge in [0.2, 0.25) is 0 Å². The second kappa shape index (κ2) is 2.88. The highest BCUT2D eigenvalue weighted by Gasteiger charge is 2.49. The van der Waals surface area contributed by atoms with E-state index in [0.29, 0.717) is 11.8 Å². The first-order chi connectivity index (χ1) is 6.78. The van der Waals surface area contributed by atoms with E-state index in [4.69, 9.17) is 10.9 Å². The van der Waals surface area contributed by atoms with Gasteiger partial charge in [-0.3, -0.25) is 0 Å². The topological polar surface area (TPSA) is 58.6 Å². The van der Waals surface area contributed by atoms with Crippen LogP contribution in [0.3, 0.4) is 0 Å². The first-order valence-electron chi connectivity index (χ1n) is 5.75. The van der Waals surface area contributed by atoms with Crippen LogP contribution in [0.25, 0.3) is 0 Å². The van der Waals surface area contributed by atoms with Crippen molar-refractivity contribution in [2.24, 2.45) is 40.5 Å². The summed E-state index contributed by atoms with van der Waals surface area (Å²) in [5, 5.41) is 12.0. The van der Waals surface area contributed by atoms with Crippen LogP contribution in [0.5, 0.6) is 0 Å². The number of rotatable bonds is 1. The fourth-order valence-corrected chi connectivity index (χ4v) is 4.47.